The van der Waals surface area contributed by atoms with Gasteiger partial charge in [0.25, 0.3) is 0 Å². The van der Waals surface area contributed by atoms with Gasteiger partial charge in [0.2, 0.25) is 0 Å². The van der Waals surface area contributed by atoms with E-state index >= 15 is 0 Å². The molecule has 1 saturated heterocycles. The van der Waals surface area contributed by atoms with Crippen LogP contribution in [0.25, 0.3) is 0 Å². The lowest BCUT2D eigenvalue weighted by molar-refractivity contribution is -0.184. The Morgan fingerprint density at radius 1 is 1.23 bits per heavy atom. The lowest BCUT2D eigenvalue weighted by Crippen LogP contribution is -2.71. The van der Waals surface area contributed by atoms with Gasteiger partial charge in [0.05, 0.1) is 6.04 Å². The van der Waals surface area contributed by atoms with E-state index < -0.39 is 11.4 Å². The van der Waals surface area contributed by atoms with Gasteiger partial charge in [-0.2, -0.15) is 0 Å². The van der Waals surface area contributed by atoms with Gasteiger partial charge in [0.15, 0.2) is 5.79 Å². The molecule has 1 saturated carbocycles. The highest BCUT2D eigenvalue weighted by Gasteiger charge is 2.64. The molecule has 4 heteroatoms. The summed E-state index contributed by atoms with van der Waals surface area (Å²) in [6.07, 6.45) is 3.40. The number of aliphatic hydroxyl groups is 1. The molecule has 5 rings (SSSR count). The van der Waals surface area contributed by atoms with Crippen LogP contribution in [-0.2, 0) is 15.9 Å². The van der Waals surface area contributed by atoms with E-state index in [1.54, 1.807) is 0 Å². The number of benzene rings is 1. The summed E-state index contributed by atoms with van der Waals surface area (Å²) in [5.41, 5.74) is 1.72. The molecule has 1 heterocycles. The molecule has 0 amide bonds. The quantitative estimate of drug-likeness (QED) is 0.833. The van der Waals surface area contributed by atoms with Crippen LogP contribution in [0.15, 0.2) is 42.0 Å². The molecule has 2 N–H and O–H groups in total. The highest BCUT2D eigenvalue weighted by molar-refractivity contribution is 5.40. The average Bonchev–Trinajstić information content (AvgIpc) is 2.80. The first-order valence-corrected chi connectivity index (χ1v) is 8.04. The monoisotopic (exact) mass is 301 g/mol. The first kappa shape index (κ1) is 14.4. The largest absolute Gasteiger partial charge is 0.385 e. The van der Waals surface area contributed by atoms with Gasteiger partial charge in [-0.3, -0.25) is 0 Å². The first-order chi connectivity index (χ1) is 10.5. The van der Waals surface area contributed by atoms with Gasteiger partial charge in [-0.25, -0.2) is 0 Å². The Morgan fingerprint density at radius 2 is 2.00 bits per heavy atom. The topological polar surface area (TPSA) is 50.7 Å². The summed E-state index contributed by atoms with van der Waals surface area (Å²) in [5.74, 6) is -0.617. The molecular weight excluding hydrogens is 278 g/mol. The van der Waals surface area contributed by atoms with Crippen LogP contribution in [0.1, 0.15) is 25.8 Å². The van der Waals surface area contributed by atoms with Crippen molar-refractivity contribution in [3.63, 3.8) is 0 Å². The van der Waals surface area contributed by atoms with E-state index in [1.807, 2.05) is 19.9 Å². The molecule has 3 aliphatic carbocycles. The van der Waals surface area contributed by atoms with Gasteiger partial charge in [-0.15, -0.1) is 0 Å². The normalized spacial score (nSPS) is 38.1. The molecule has 2 fully saturated rings. The lowest BCUT2D eigenvalue weighted by Gasteiger charge is -2.54. The molecule has 2 bridgehead atoms. The fraction of sp³-hybridized carbons (Fsp3) is 0.556. The van der Waals surface area contributed by atoms with Crippen LogP contribution in [0.2, 0.25) is 0 Å². The first-order valence-electron chi connectivity index (χ1n) is 8.04. The molecular formula is C18H23NO3. The second kappa shape index (κ2) is 4.90. The van der Waals surface area contributed by atoms with E-state index in [0.717, 1.165) is 13.0 Å². The molecule has 4 aliphatic rings. The molecule has 118 valence electrons. The van der Waals surface area contributed by atoms with Crippen molar-refractivity contribution in [2.24, 2.45) is 0 Å². The van der Waals surface area contributed by atoms with Crippen molar-refractivity contribution < 1.29 is 14.6 Å². The fourth-order valence-electron chi connectivity index (χ4n) is 3.96. The minimum atomic E-state index is -0.834. The summed E-state index contributed by atoms with van der Waals surface area (Å²) in [6, 6.07) is 10.4. The smallest absolute Gasteiger partial charge is 0.164 e. The molecule has 3 unspecified atom stereocenters. The van der Waals surface area contributed by atoms with Crippen LogP contribution in [0.5, 0.6) is 0 Å². The molecule has 1 aromatic rings. The summed E-state index contributed by atoms with van der Waals surface area (Å²) in [6.45, 7) is 4.65. The highest BCUT2D eigenvalue weighted by atomic mass is 16.8. The molecule has 22 heavy (non-hydrogen) atoms. The summed E-state index contributed by atoms with van der Waals surface area (Å²) in [5, 5.41) is 14.5. The summed E-state index contributed by atoms with van der Waals surface area (Å²) < 4.78 is 11.8. The van der Waals surface area contributed by atoms with E-state index in [1.165, 1.54) is 11.1 Å². The van der Waals surface area contributed by atoms with Gasteiger partial charge < -0.3 is 19.9 Å². The maximum absolute atomic E-state index is 11.0. The van der Waals surface area contributed by atoms with Crippen molar-refractivity contribution in [1.82, 2.24) is 5.32 Å². The van der Waals surface area contributed by atoms with Crippen LogP contribution in [0.3, 0.4) is 0 Å². The number of hydrogen-bond acceptors (Lipinski definition) is 4. The molecule has 1 aliphatic heterocycles. The molecule has 4 nitrogen and oxygen atoms in total. The van der Waals surface area contributed by atoms with Crippen LogP contribution < -0.4 is 5.32 Å². The van der Waals surface area contributed by atoms with Crippen LogP contribution in [0.4, 0.5) is 0 Å². The van der Waals surface area contributed by atoms with Crippen molar-refractivity contribution in [1.29, 1.82) is 0 Å². The lowest BCUT2D eigenvalue weighted by atomic mass is 9.61. The van der Waals surface area contributed by atoms with Crippen molar-refractivity contribution >= 4 is 0 Å². The third-order valence-corrected chi connectivity index (χ3v) is 4.96. The van der Waals surface area contributed by atoms with Crippen LogP contribution in [0, 0.1) is 0 Å². The minimum Gasteiger partial charge on any atom is -0.385 e. The van der Waals surface area contributed by atoms with Gasteiger partial charge >= 0.3 is 0 Å². The van der Waals surface area contributed by atoms with Gasteiger partial charge in [0.1, 0.15) is 17.8 Å². The molecule has 0 spiro atoms. The zero-order chi connectivity index (χ0) is 15.4. The third-order valence-electron chi connectivity index (χ3n) is 4.96. The second-order valence-electron chi connectivity index (χ2n) is 7.05. The van der Waals surface area contributed by atoms with E-state index in [0.29, 0.717) is 6.42 Å². The van der Waals surface area contributed by atoms with Crippen molar-refractivity contribution in [3.05, 3.63) is 47.5 Å². The predicted molar refractivity (Wildman–Crippen MR) is 83.4 cm³/mol. The van der Waals surface area contributed by atoms with Gasteiger partial charge in [0, 0.05) is 6.42 Å². The van der Waals surface area contributed by atoms with E-state index in [2.05, 4.69) is 35.7 Å². The van der Waals surface area contributed by atoms with Crippen LogP contribution >= 0.6 is 0 Å². The Labute approximate surface area is 131 Å². The Kier molecular flexibility index (Phi) is 3.20. The van der Waals surface area contributed by atoms with E-state index in [-0.39, 0.29) is 18.2 Å². The zero-order valence-corrected chi connectivity index (χ0v) is 13.1. The maximum atomic E-state index is 11.0. The van der Waals surface area contributed by atoms with Crippen molar-refractivity contribution in [2.45, 2.75) is 56.3 Å². The fourth-order valence-corrected chi connectivity index (χ4v) is 3.96. The van der Waals surface area contributed by atoms with E-state index in [4.69, 9.17) is 9.47 Å². The van der Waals surface area contributed by atoms with Gasteiger partial charge in [-0.1, -0.05) is 36.4 Å². The number of rotatable bonds is 4. The van der Waals surface area contributed by atoms with Crippen molar-refractivity contribution in [3.8, 4) is 0 Å². The summed E-state index contributed by atoms with van der Waals surface area (Å²) in [7, 11) is 0. The molecule has 4 atom stereocenters. The standard InChI is InChI=1S/C18H23NO3/c1-17(2)21-14-10-13-11-18(20,16(14)22-17)15(13)19-9-8-12-6-4-3-5-7-12/h3-7,10,14-16,19-20H,8-9,11H2,1-2H3/t14?,15?,16-,18?/m0/s1. The number of nitrogens with one attached hydrogen (secondary N) is 1. The second-order valence-corrected chi connectivity index (χ2v) is 7.05. The van der Waals surface area contributed by atoms with E-state index in [9.17, 15) is 5.11 Å². The Morgan fingerprint density at radius 3 is 2.77 bits per heavy atom. The number of ether oxygens (including phenoxy) is 2. The summed E-state index contributed by atoms with van der Waals surface area (Å²) in [4.78, 5) is 0. The van der Waals surface area contributed by atoms with Crippen LogP contribution in [-0.4, -0.2) is 41.3 Å². The Balaban J connectivity index is 1.42. The Bertz CT molecular complexity index is 598. The molecule has 1 aromatic carbocycles. The third kappa shape index (κ3) is 2.22. The van der Waals surface area contributed by atoms with Crippen molar-refractivity contribution in [2.75, 3.05) is 6.54 Å². The van der Waals surface area contributed by atoms with Gasteiger partial charge in [-0.05, 0) is 37.9 Å². The Hall–Kier alpha value is -1.20. The minimum absolute atomic E-state index is 0.00466. The maximum Gasteiger partial charge on any atom is 0.164 e. The molecule has 0 aromatic heterocycles. The average molecular weight is 301 g/mol. The summed E-state index contributed by atoms with van der Waals surface area (Å²) >= 11 is 0. The predicted octanol–water partition coefficient (Wildman–Crippen LogP) is 1.78. The SMILES string of the molecule is CC1(C)OC2C=C3CC(O)(C3NCCc3ccccc3)[C@H]2O1. The molecule has 0 radical (unpaired) electrons. The zero-order valence-electron chi connectivity index (χ0n) is 13.1. The number of hydrogen-bond donors (Lipinski definition) is 2. The highest BCUT2D eigenvalue weighted by Crippen LogP contribution is 2.51.